The standard InChI is InChI=1S/C29H25ClF3N3O4/c1-17(37)35(25-10-9-20(13-23(25)33)40-16-27(38)39)29(11-3-2-4-12-29)36-26-15-22(32)21(31)14-24(26)34-28(36)18-5-7-19(30)8-6-18/h5-10,13-15H,2-4,11-12,16H2,1H3,(H,38,39). The predicted molar refractivity (Wildman–Crippen MR) is 144 cm³/mol. The van der Waals surface area contributed by atoms with Crippen molar-refractivity contribution in [3.8, 4) is 17.1 Å². The normalized spacial score (nSPS) is 14.7. The van der Waals surface area contributed by atoms with Crippen molar-refractivity contribution in [2.75, 3.05) is 11.5 Å². The molecule has 1 N–H and O–H groups in total. The van der Waals surface area contributed by atoms with Crippen molar-refractivity contribution < 1.29 is 32.6 Å². The van der Waals surface area contributed by atoms with Crippen LogP contribution in [0, 0.1) is 17.5 Å². The van der Waals surface area contributed by atoms with Gasteiger partial charge in [-0.15, -0.1) is 0 Å². The zero-order valence-corrected chi connectivity index (χ0v) is 22.2. The van der Waals surface area contributed by atoms with Gasteiger partial charge < -0.3 is 9.84 Å². The highest BCUT2D eigenvalue weighted by molar-refractivity contribution is 6.30. The average Bonchev–Trinajstić information content (AvgIpc) is 3.28. The molecular formula is C29H25ClF3N3O4. The van der Waals surface area contributed by atoms with Crippen molar-refractivity contribution in [2.45, 2.75) is 44.7 Å². The van der Waals surface area contributed by atoms with Crippen molar-refractivity contribution in [1.82, 2.24) is 9.55 Å². The van der Waals surface area contributed by atoms with Crippen molar-refractivity contribution in [2.24, 2.45) is 0 Å². The third-order valence-corrected chi connectivity index (χ3v) is 7.37. The quantitative estimate of drug-likeness (QED) is 0.261. The molecular weight excluding hydrogens is 547 g/mol. The number of aromatic nitrogens is 2. The lowest BCUT2D eigenvalue weighted by molar-refractivity contribution is -0.139. The van der Waals surface area contributed by atoms with E-state index in [-0.39, 0.29) is 22.5 Å². The van der Waals surface area contributed by atoms with Crippen LogP contribution in [0.5, 0.6) is 5.75 Å². The molecule has 0 bridgehead atoms. The lowest BCUT2D eigenvalue weighted by Crippen LogP contribution is -2.55. The smallest absolute Gasteiger partial charge is 0.341 e. The van der Waals surface area contributed by atoms with Crippen LogP contribution in [-0.2, 0) is 15.3 Å². The number of imidazole rings is 1. The minimum absolute atomic E-state index is 0.0164. The van der Waals surface area contributed by atoms with Crippen molar-refractivity contribution in [3.63, 3.8) is 0 Å². The maximum Gasteiger partial charge on any atom is 0.341 e. The van der Waals surface area contributed by atoms with Crippen LogP contribution < -0.4 is 9.64 Å². The summed E-state index contributed by atoms with van der Waals surface area (Å²) in [6.07, 6.45) is 2.98. The number of nitrogens with zero attached hydrogens (tertiary/aromatic N) is 3. The third-order valence-electron chi connectivity index (χ3n) is 7.12. The Bertz CT molecular complexity index is 1600. The van der Waals surface area contributed by atoms with E-state index in [1.807, 2.05) is 0 Å². The minimum atomic E-state index is -1.23. The summed E-state index contributed by atoms with van der Waals surface area (Å²) in [6.45, 7) is 0.652. The van der Waals surface area contributed by atoms with Gasteiger partial charge in [-0.3, -0.25) is 14.3 Å². The fourth-order valence-electron chi connectivity index (χ4n) is 5.54. The number of hydrogen-bond donors (Lipinski definition) is 1. The average molecular weight is 572 g/mol. The van der Waals surface area contributed by atoms with E-state index in [0.717, 1.165) is 24.6 Å². The number of ether oxygens (including phenoxy) is 1. The number of aliphatic carboxylic acids is 1. The van der Waals surface area contributed by atoms with Gasteiger partial charge in [0.2, 0.25) is 5.91 Å². The van der Waals surface area contributed by atoms with E-state index in [1.54, 1.807) is 28.8 Å². The first-order valence-corrected chi connectivity index (χ1v) is 13.1. The highest BCUT2D eigenvalue weighted by Crippen LogP contribution is 2.46. The third kappa shape index (κ3) is 4.99. The second-order valence-electron chi connectivity index (χ2n) is 9.73. The summed E-state index contributed by atoms with van der Waals surface area (Å²) in [7, 11) is 0. The number of anilines is 1. The van der Waals surface area contributed by atoms with E-state index in [0.29, 0.717) is 42.1 Å². The molecule has 1 aliphatic rings. The van der Waals surface area contributed by atoms with E-state index < -0.39 is 41.6 Å². The number of halogens is 4. The SMILES string of the molecule is CC(=O)N(c1ccc(OCC(=O)O)cc1F)C1(n2c(-c3ccc(Cl)cc3)nc3cc(F)c(F)cc32)CCCCC1. The van der Waals surface area contributed by atoms with E-state index in [1.165, 1.54) is 24.0 Å². The van der Waals surface area contributed by atoms with Crippen LogP contribution in [0.2, 0.25) is 5.02 Å². The van der Waals surface area contributed by atoms with Gasteiger partial charge in [0.15, 0.2) is 24.1 Å². The number of carbonyl (C=O) groups excluding carboxylic acids is 1. The Morgan fingerprint density at radius 1 is 1.00 bits per heavy atom. The first-order valence-electron chi connectivity index (χ1n) is 12.7. The monoisotopic (exact) mass is 571 g/mol. The maximum atomic E-state index is 15.7. The first-order chi connectivity index (χ1) is 19.1. The van der Waals surface area contributed by atoms with Crippen LogP contribution in [0.3, 0.4) is 0 Å². The molecule has 1 aromatic heterocycles. The fourth-order valence-corrected chi connectivity index (χ4v) is 5.67. The molecule has 0 saturated heterocycles. The Morgan fingerprint density at radius 2 is 1.68 bits per heavy atom. The summed E-state index contributed by atoms with van der Waals surface area (Å²) in [4.78, 5) is 30.3. The highest BCUT2D eigenvalue weighted by atomic mass is 35.5. The lowest BCUT2D eigenvalue weighted by Gasteiger charge is -2.48. The molecule has 0 unspecified atom stereocenters. The maximum absolute atomic E-state index is 15.7. The second kappa shape index (κ2) is 10.8. The minimum Gasteiger partial charge on any atom is -0.482 e. The number of amides is 1. The molecule has 5 rings (SSSR count). The first kappa shape index (κ1) is 27.5. The van der Waals surface area contributed by atoms with Crippen LogP contribution in [0.25, 0.3) is 22.4 Å². The van der Waals surface area contributed by atoms with Crippen LogP contribution >= 0.6 is 11.6 Å². The summed E-state index contributed by atoms with van der Waals surface area (Å²) in [5.41, 5.74) is -0.284. The van der Waals surface area contributed by atoms with Gasteiger partial charge in [-0.2, -0.15) is 0 Å². The molecule has 11 heteroatoms. The number of fused-ring (bicyclic) bond motifs is 1. The van der Waals surface area contributed by atoms with E-state index >= 15 is 4.39 Å². The topological polar surface area (TPSA) is 84.7 Å². The van der Waals surface area contributed by atoms with Gasteiger partial charge in [0.05, 0.1) is 16.7 Å². The molecule has 1 heterocycles. The molecule has 1 aliphatic carbocycles. The summed E-state index contributed by atoms with van der Waals surface area (Å²) >= 11 is 6.11. The van der Waals surface area contributed by atoms with Crippen molar-refractivity contribution in [3.05, 3.63) is 77.1 Å². The molecule has 0 spiro atoms. The molecule has 0 aliphatic heterocycles. The lowest BCUT2D eigenvalue weighted by atomic mass is 9.85. The number of rotatable bonds is 7. The molecule has 40 heavy (non-hydrogen) atoms. The molecule has 7 nitrogen and oxygen atoms in total. The van der Waals surface area contributed by atoms with Gasteiger partial charge in [0, 0.05) is 35.7 Å². The Balaban J connectivity index is 1.77. The van der Waals surface area contributed by atoms with Gasteiger partial charge >= 0.3 is 5.97 Å². The fraction of sp³-hybridized carbons (Fsp3) is 0.276. The summed E-state index contributed by atoms with van der Waals surface area (Å²) < 4.78 is 51.5. The molecule has 0 radical (unpaired) electrons. The Morgan fingerprint density at radius 3 is 2.30 bits per heavy atom. The number of hydrogen-bond acceptors (Lipinski definition) is 4. The van der Waals surface area contributed by atoms with Crippen LogP contribution in [0.15, 0.2) is 54.6 Å². The zero-order valence-electron chi connectivity index (χ0n) is 21.5. The molecule has 3 aromatic carbocycles. The van der Waals surface area contributed by atoms with Crippen LogP contribution in [-0.4, -0.2) is 33.1 Å². The molecule has 1 saturated carbocycles. The predicted octanol–water partition coefficient (Wildman–Crippen LogP) is 6.91. The van der Waals surface area contributed by atoms with Crippen molar-refractivity contribution >= 4 is 40.2 Å². The Kier molecular flexibility index (Phi) is 7.46. The molecule has 0 atom stereocenters. The number of carboxylic acids is 1. The van der Waals surface area contributed by atoms with Gasteiger partial charge in [-0.1, -0.05) is 18.0 Å². The van der Waals surface area contributed by atoms with Crippen LogP contribution in [0.4, 0.5) is 18.9 Å². The summed E-state index contributed by atoms with van der Waals surface area (Å²) in [6, 6.07) is 12.6. The molecule has 1 fully saturated rings. The van der Waals surface area contributed by atoms with Gasteiger partial charge in [-0.25, -0.2) is 22.9 Å². The summed E-state index contributed by atoms with van der Waals surface area (Å²) in [5, 5.41) is 9.37. The Labute approximate surface area is 232 Å². The highest BCUT2D eigenvalue weighted by Gasteiger charge is 2.45. The zero-order chi connectivity index (χ0) is 28.6. The molecule has 4 aromatic rings. The van der Waals surface area contributed by atoms with E-state index in [9.17, 15) is 18.4 Å². The van der Waals surface area contributed by atoms with Crippen LogP contribution in [0.1, 0.15) is 39.0 Å². The largest absolute Gasteiger partial charge is 0.482 e. The Hall–Kier alpha value is -4.05. The van der Waals surface area contributed by atoms with Gasteiger partial charge in [0.25, 0.3) is 0 Å². The van der Waals surface area contributed by atoms with E-state index in [2.05, 4.69) is 4.98 Å². The molecule has 1 amide bonds. The second-order valence-corrected chi connectivity index (χ2v) is 10.2. The summed E-state index contributed by atoms with van der Waals surface area (Å²) in [5.74, 6) is -4.33. The van der Waals surface area contributed by atoms with Crippen molar-refractivity contribution in [1.29, 1.82) is 0 Å². The van der Waals surface area contributed by atoms with E-state index in [4.69, 9.17) is 21.4 Å². The van der Waals surface area contributed by atoms with Gasteiger partial charge in [-0.05, 0) is 62.1 Å². The number of benzene rings is 3. The van der Waals surface area contributed by atoms with Gasteiger partial charge in [0.1, 0.15) is 17.2 Å². The number of carbonyl (C=O) groups is 2. The number of carboxylic acid groups (broad SMARTS) is 1. The molecule has 208 valence electrons.